The normalized spacial score (nSPS) is 10.1. The summed E-state index contributed by atoms with van der Waals surface area (Å²) in [5.74, 6) is 0.607. The van der Waals surface area contributed by atoms with Crippen LogP contribution < -0.4 is 14.4 Å². The molecule has 0 saturated carbocycles. The third-order valence-electron chi connectivity index (χ3n) is 2.29. The predicted molar refractivity (Wildman–Crippen MR) is 72.2 cm³/mol. The summed E-state index contributed by atoms with van der Waals surface area (Å²) in [7, 11) is 5.34. The van der Waals surface area contributed by atoms with E-state index in [9.17, 15) is 0 Å². The fourth-order valence-electron chi connectivity index (χ4n) is 1.38. The van der Waals surface area contributed by atoms with Gasteiger partial charge in [-0.25, -0.2) is 0 Å². The van der Waals surface area contributed by atoms with Gasteiger partial charge in [-0.15, -0.1) is 4.98 Å². The lowest BCUT2D eigenvalue weighted by atomic mass is 10.3. The number of rotatable bonds is 4. The second-order valence-corrected chi connectivity index (χ2v) is 4.21. The molecule has 19 heavy (non-hydrogen) atoms. The fourth-order valence-corrected chi connectivity index (χ4v) is 1.53. The lowest BCUT2D eigenvalue weighted by molar-refractivity contribution is 0.359. The molecule has 6 nitrogen and oxygen atoms in total. The number of halogens is 1. The number of hydrogen-bond acceptors (Lipinski definition) is 6. The predicted octanol–water partition coefficient (Wildman–Crippen LogP) is 2.39. The van der Waals surface area contributed by atoms with Crippen molar-refractivity contribution in [1.29, 1.82) is 0 Å². The number of nitrogens with zero attached hydrogens (tertiary/aromatic N) is 4. The molecule has 0 aliphatic rings. The molecule has 100 valence electrons. The van der Waals surface area contributed by atoms with Crippen molar-refractivity contribution in [2.45, 2.75) is 0 Å². The summed E-state index contributed by atoms with van der Waals surface area (Å²) in [4.78, 5) is 13.6. The highest BCUT2D eigenvalue weighted by Crippen LogP contribution is 2.24. The van der Waals surface area contributed by atoms with Crippen LogP contribution in [0, 0.1) is 0 Å². The molecule has 0 aliphatic carbocycles. The van der Waals surface area contributed by atoms with E-state index in [1.807, 2.05) is 37.2 Å². The minimum absolute atomic E-state index is 0.0191. The second-order valence-electron chi connectivity index (χ2n) is 3.87. The fraction of sp³-hybridized carbons (Fsp3) is 0.250. The quantitative estimate of drug-likeness (QED) is 0.857. The summed E-state index contributed by atoms with van der Waals surface area (Å²) in [6.45, 7) is 0. The number of aromatic nitrogens is 3. The highest BCUT2D eigenvalue weighted by atomic mass is 35.5. The van der Waals surface area contributed by atoms with Gasteiger partial charge in [0.15, 0.2) is 0 Å². The van der Waals surface area contributed by atoms with Crippen LogP contribution in [0.25, 0.3) is 0 Å². The van der Waals surface area contributed by atoms with Gasteiger partial charge in [0.05, 0.1) is 7.11 Å². The van der Waals surface area contributed by atoms with Crippen LogP contribution in [0.3, 0.4) is 0 Å². The van der Waals surface area contributed by atoms with Gasteiger partial charge < -0.3 is 14.4 Å². The Morgan fingerprint density at radius 2 is 1.84 bits per heavy atom. The Morgan fingerprint density at radius 3 is 2.53 bits per heavy atom. The average molecular weight is 281 g/mol. The molecule has 2 rings (SSSR count). The highest BCUT2D eigenvalue weighted by molar-refractivity contribution is 6.28. The van der Waals surface area contributed by atoms with Crippen molar-refractivity contribution in [2.75, 3.05) is 26.1 Å². The zero-order valence-corrected chi connectivity index (χ0v) is 11.5. The molecule has 0 spiro atoms. The van der Waals surface area contributed by atoms with Gasteiger partial charge in [-0.2, -0.15) is 9.97 Å². The topological polar surface area (TPSA) is 60.4 Å². The van der Waals surface area contributed by atoms with Crippen molar-refractivity contribution in [3.8, 4) is 17.8 Å². The Labute approximate surface area is 116 Å². The summed E-state index contributed by atoms with van der Waals surface area (Å²) in [5.41, 5.74) is 1.00. The summed E-state index contributed by atoms with van der Waals surface area (Å²) in [6, 6.07) is 7.71. The first-order valence-electron chi connectivity index (χ1n) is 5.49. The van der Waals surface area contributed by atoms with E-state index in [-0.39, 0.29) is 17.3 Å². The monoisotopic (exact) mass is 280 g/mol. The van der Waals surface area contributed by atoms with Gasteiger partial charge in [-0.1, -0.05) is 6.07 Å². The first-order chi connectivity index (χ1) is 9.08. The van der Waals surface area contributed by atoms with E-state index in [1.54, 1.807) is 6.07 Å². The van der Waals surface area contributed by atoms with Crippen LogP contribution in [0.5, 0.6) is 17.8 Å². The van der Waals surface area contributed by atoms with Crippen LogP contribution >= 0.6 is 11.6 Å². The standard InChI is InChI=1S/C12H13ClN4O2/c1-17(2)8-5-4-6-9(7-8)19-12-15-10(13)14-11(16-12)18-3/h4-7H,1-3H3. The molecule has 0 N–H and O–H groups in total. The first kappa shape index (κ1) is 13.4. The molecule has 1 aromatic carbocycles. The molecule has 1 heterocycles. The minimum Gasteiger partial charge on any atom is -0.467 e. The number of ether oxygens (including phenoxy) is 2. The Bertz CT molecular complexity index is 577. The van der Waals surface area contributed by atoms with Crippen molar-refractivity contribution in [3.05, 3.63) is 29.5 Å². The maximum Gasteiger partial charge on any atom is 0.329 e. The maximum atomic E-state index is 5.75. The van der Waals surface area contributed by atoms with E-state index in [0.29, 0.717) is 5.75 Å². The Morgan fingerprint density at radius 1 is 1.11 bits per heavy atom. The molecule has 0 unspecified atom stereocenters. The summed E-state index contributed by atoms with van der Waals surface area (Å²) in [6.07, 6.45) is 0. The van der Waals surface area contributed by atoms with E-state index in [0.717, 1.165) is 5.69 Å². The largest absolute Gasteiger partial charge is 0.467 e. The van der Waals surface area contributed by atoms with Crippen LogP contribution in [0.2, 0.25) is 5.28 Å². The van der Waals surface area contributed by atoms with E-state index in [1.165, 1.54) is 7.11 Å². The first-order valence-corrected chi connectivity index (χ1v) is 5.87. The van der Waals surface area contributed by atoms with E-state index in [2.05, 4.69) is 15.0 Å². The minimum atomic E-state index is 0.0191. The molecule has 0 saturated heterocycles. The van der Waals surface area contributed by atoms with Crippen LogP contribution in [-0.2, 0) is 0 Å². The second kappa shape index (κ2) is 5.71. The number of benzene rings is 1. The Hall–Kier alpha value is -2.08. The molecule has 1 aromatic heterocycles. The number of anilines is 1. The molecule has 0 radical (unpaired) electrons. The van der Waals surface area contributed by atoms with Crippen LogP contribution in [0.15, 0.2) is 24.3 Å². The number of hydrogen-bond donors (Lipinski definition) is 0. The molecule has 0 aliphatic heterocycles. The molecule has 7 heteroatoms. The molecular weight excluding hydrogens is 268 g/mol. The van der Waals surface area contributed by atoms with Crippen LogP contribution in [-0.4, -0.2) is 36.2 Å². The van der Waals surface area contributed by atoms with Crippen molar-refractivity contribution in [3.63, 3.8) is 0 Å². The molecule has 0 atom stereocenters. The maximum absolute atomic E-state index is 5.75. The Kier molecular flexibility index (Phi) is 4.01. The number of methoxy groups -OCH3 is 1. The van der Waals surface area contributed by atoms with Crippen LogP contribution in [0.1, 0.15) is 0 Å². The third kappa shape index (κ3) is 3.45. The molecule has 0 bridgehead atoms. The molecule has 0 fully saturated rings. The van der Waals surface area contributed by atoms with Crippen molar-refractivity contribution >= 4 is 17.3 Å². The zero-order chi connectivity index (χ0) is 13.8. The van der Waals surface area contributed by atoms with E-state index in [4.69, 9.17) is 21.1 Å². The van der Waals surface area contributed by atoms with Crippen LogP contribution in [0.4, 0.5) is 5.69 Å². The van der Waals surface area contributed by atoms with E-state index < -0.39 is 0 Å². The summed E-state index contributed by atoms with van der Waals surface area (Å²) >= 11 is 5.75. The van der Waals surface area contributed by atoms with Gasteiger partial charge in [0.1, 0.15) is 5.75 Å². The SMILES string of the molecule is COc1nc(Cl)nc(Oc2cccc(N(C)C)c2)n1. The summed E-state index contributed by atoms with van der Waals surface area (Å²) in [5, 5.41) is 0.0191. The zero-order valence-electron chi connectivity index (χ0n) is 10.8. The van der Waals surface area contributed by atoms with Gasteiger partial charge in [0.2, 0.25) is 5.28 Å². The smallest absolute Gasteiger partial charge is 0.329 e. The summed E-state index contributed by atoms with van der Waals surface area (Å²) < 4.78 is 10.4. The van der Waals surface area contributed by atoms with Gasteiger partial charge in [0, 0.05) is 25.8 Å². The van der Waals surface area contributed by atoms with Gasteiger partial charge in [0.25, 0.3) is 0 Å². The lowest BCUT2D eigenvalue weighted by Gasteiger charge is -2.13. The average Bonchev–Trinajstić information content (AvgIpc) is 2.38. The van der Waals surface area contributed by atoms with Crippen molar-refractivity contribution in [1.82, 2.24) is 15.0 Å². The van der Waals surface area contributed by atoms with Gasteiger partial charge in [-0.3, -0.25) is 0 Å². The van der Waals surface area contributed by atoms with E-state index >= 15 is 0 Å². The van der Waals surface area contributed by atoms with Gasteiger partial charge in [-0.05, 0) is 23.7 Å². The highest BCUT2D eigenvalue weighted by Gasteiger charge is 2.08. The molecular formula is C12H13ClN4O2. The third-order valence-corrected chi connectivity index (χ3v) is 2.46. The Balaban J connectivity index is 2.25. The van der Waals surface area contributed by atoms with Crippen molar-refractivity contribution in [2.24, 2.45) is 0 Å². The van der Waals surface area contributed by atoms with Crippen molar-refractivity contribution < 1.29 is 9.47 Å². The molecule has 2 aromatic rings. The van der Waals surface area contributed by atoms with Gasteiger partial charge >= 0.3 is 12.0 Å². The molecule has 0 amide bonds. The lowest BCUT2D eigenvalue weighted by Crippen LogP contribution is -2.08.